The zero-order valence-corrected chi connectivity index (χ0v) is 15.7. The Morgan fingerprint density at radius 1 is 1.14 bits per heavy atom. The first kappa shape index (κ1) is 18.6. The number of azo groups is 1. The molecule has 0 aliphatic carbocycles. The summed E-state index contributed by atoms with van der Waals surface area (Å²) in [6, 6.07) is 15.3. The molecule has 0 radical (unpaired) electrons. The average Bonchev–Trinajstić information content (AvgIpc) is 3.29. The van der Waals surface area contributed by atoms with Crippen LogP contribution in [0.2, 0.25) is 0 Å². The molecule has 2 N–H and O–H groups in total. The van der Waals surface area contributed by atoms with Gasteiger partial charge in [-0.1, -0.05) is 42.5 Å². The Morgan fingerprint density at radius 3 is 2.79 bits per heavy atom. The predicted molar refractivity (Wildman–Crippen MR) is 109 cm³/mol. The van der Waals surface area contributed by atoms with Gasteiger partial charge in [-0.3, -0.25) is 5.21 Å². The summed E-state index contributed by atoms with van der Waals surface area (Å²) in [5.41, 5.74) is 3.36. The first-order chi connectivity index (χ1) is 14.2. The molecule has 2 aliphatic rings. The fraction of sp³-hybridized carbons (Fsp3) is 0.136. The van der Waals surface area contributed by atoms with E-state index >= 15 is 0 Å². The summed E-state index contributed by atoms with van der Waals surface area (Å²) >= 11 is 0. The van der Waals surface area contributed by atoms with Crippen LogP contribution in [0.15, 0.2) is 83.3 Å². The van der Waals surface area contributed by atoms with Crippen molar-refractivity contribution in [2.24, 2.45) is 10.2 Å². The molecule has 7 nitrogen and oxygen atoms in total. The molecule has 2 aromatic rings. The summed E-state index contributed by atoms with van der Waals surface area (Å²) in [7, 11) is 0. The Hall–Kier alpha value is -3.71. The molecule has 2 aromatic carbocycles. The maximum atomic E-state index is 11.9. The molecule has 0 fully saturated rings. The van der Waals surface area contributed by atoms with Gasteiger partial charge in [0.15, 0.2) is 0 Å². The molecule has 7 heteroatoms. The zero-order chi connectivity index (χ0) is 20.1. The van der Waals surface area contributed by atoms with Crippen LogP contribution in [0.3, 0.4) is 0 Å². The average molecular weight is 388 g/mol. The molecular formula is C22H20N4O3. The number of ether oxygens (including phenoxy) is 1. The van der Waals surface area contributed by atoms with Crippen LogP contribution in [0.1, 0.15) is 12.0 Å². The van der Waals surface area contributed by atoms with Crippen LogP contribution in [-0.4, -0.2) is 17.8 Å². The van der Waals surface area contributed by atoms with E-state index in [0.717, 1.165) is 32.3 Å². The summed E-state index contributed by atoms with van der Waals surface area (Å²) in [6.07, 6.45) is 7.02. The van der Waals surface area contributed by atoms with Gasteiger partial charge in [-0.15, -0.1) is 0 Å². The second-order valence-electron chi connectivity index (χ2n) is 6.57. The van der Waals surface area contributed by atoms with Crippen LogP contribution in [0, 0.1) is 0 Å². The molecule has 146 valence electrons. The highest BCUT2D eigenvalue weighted by molar-refractivity contribution is 5.71. The van der Waals surface area contributed by atoms with Gasteiger partial charge in [-0.25, -0.2) is 9.86 Å². The van der Waals surface area contributed by atoms with Crippen molar-refractivity contribution in [1.82, 2.24) is 5.32 Å². The highest BCUT2D eigenvalue weighted by Gasteiger charge is 2.12. The highest BCUT2D eigenvalue weighted by atomic mass is 16.5. The third kappa shape index (κ3) is 4.41. The lowest BCUT2D eigenvalue weighted by Gasteiger charge is -2.19. The molecule has 0 saturated heterocycles. The quantitative estimate of drug-likeness (QED) is 0.825. The van der Waals surface area contributed by atoms with Crippen molar-refractivity contribution in [1.29, 1.82) is 0 Å². The molecule has 2 heterocycles. The Labute approximate surface area is 167 Å². The molecule has 29 heavy (non-hydrogen) atoms. The molecule has 0 aromatic heterocycles. The number of amides is 1. The van der Waals surface area contributed by atoms with E-state index in [1.807, 2.05) is 60.7 Å². The number of hydrogen-bond donors (Lipinski definition) is 2. The van der Waals surface area contributed by atoms with E-state index < -0.39 is 6.09 Å². The maximum absolute atomic E-state index is 11.9. The molecule has 2 aliphatic heterocycles. The number of benzene rings is 2. The van der Waals surface area contributed by atoms with Crippen LogP contribution in [0.4, 0.5) is 10.5 Å². The van der Waals surface area contributed by atoms with Crippen LogP contribution in [0.25, 0.3) is 11.3 Å². The van der Waals surface area contributed by atoms with Crippen LogP contribution >= 0.6 is 0 Å². The second kappa shape index (κ2) is 8.53. The van der Waals surface area contributed by atoms with Crippen molar-refractivity contribution in [2.45, 2.75) is 13.0 Å². The molecule has 0 bridgehead atoms. The minimum absolute atomic E-state index is 0.235. The summed E-state index contributed by atoms with van der Waals surface area (Å²) < 4.78 is 5.22. The van der Waals surface area contributed by atoms with Gasteiger partial charge in [0.05, 0.1) is 17.6 Å². The summed E-state index contributed by atoms with van der Waals surface area (Å²) in [4.78, 5) is 11.9. The Kier molecular flexibility index (Phi) is 5.49. The zero-order valence-electron chi connectivity index (χ0n) is 15.7. The molecular weight excluding hydrogens is 368 g/mol. The van der Waals surface area contributed by atoms with E-state index in [4.69, 9.17) is 4.74 Å². The van der Waals surface area contributed by atoms with Gasteiger partial charge in [-0.2, -0.15) is 10.2 Å². The number of carbonyl (C=O) groups excluding carboxylic acids is 1. The highest BCUT2D eigenvalue weighted by Crippen LogP contribution is 2.16. The van der Waals surface area contributed by atoms with Gasteiger partial charge >= 0.3 is 6.09 Å². The molecule has 0 atom stereocenters. The number of rotatable bonds is 5. The lowest BCUT2D eigenvalue weighted by atomic mass is 10.0. The number of nitrogens with one attached hydrogen (secondary N) is 1. The molecule has 0 saturated carbocycles. The normalized spacial score (nSPS) is 16.2. The monoisotopic (exact) mass is 388 g/mol. The van der Waals surface area contributed by atoms with Gasteiger partial charge < -0.3 is 10.1 Å². The van der Waals surface area contributed by atoms with E-state index in [1.165, 1.54) is 0 Å². The fourth-order valence-electron chi connectivity index (χ4n) is 3.16. The third-order valence-electron chi connectivity index (χ3n) is 4.64. The Morgan fingerprint density at radius 2 is 2.00 bits per heavy atom. The predicted octanol–water partition coefficient (Wildman–Crippen LogP) is 2.96. The molecule has 0 spiro atoms. The largest absolute Gasteiger partial charge is 0.445 e. The molecule has 1 amide bonds. The van der Waals surface area contributed by atoms with E-state index in [-0.39, 0.29) is 6.61 Å². The number of fused-ring (bicyclic) bond motifs is 1. The maximum Gasteiger partial charge on any atom is 0.407 e. The lowest BCUT2D eigenvalue weighted by molar-refractivity contribution is 0.140. The van der Waals surface area contributed by atoms with Crippen molar-refractivity contribution >= 4 is 23.1 Å². The minimum atomic E-state index is -0.455. The van der Waals surface area contributed by atoms with E-state index in [0.29, 0.717) is 18.7 Å². The number of allylic oxidation sites excluding steroid dienone is 1. The number of carbonyl (C=O) groups is 1. The first-order valence-electron chi connectivity index (χ1n) is 9.26. The molecule has 4 rings (SSSR count). The van der Waals surface area contributed by atoms with Crippen LogP contribution in [0.5, 0.6) is 0 Å². The van der Waals surface area contributed by atoms with Crippen molar-refractivity contribution in [3.05, 3.63) is 89.1 Å². The first-order valence-corrected chi connectivity index (χ1v) is 9.26. The third-order valence-corrected chi connectivity index (χ3v) is 4.64. The van der Waals surface area contributed by atoms with Gasteiger partial charge in [0, 0.05) is 23.2 Å². The minimum Gasteiger partial charge on any atom is -0.445 e. The van der Waals surface area contributed by atoms with Crippen LogP contribution < -0.4 is 20.8 Å². The van der Waals surface area contributed by atoms with Crippen molar-refractivity contribution in [2.75, 3.05) is 11.6 Å². The van der Waals surface area contributed by atoms with Crippen molar-refractivity contribution < 1.29 is 14.7 Å². The Balaban J connectivity index is 1.42. The number of alkyl carbamates (subject to hydrolysis) is 1. The standard InChI is InChI=1S/C22H20N4O3/c27-22(29-15-16-4-2-1-3-5-16)23-11-8-17-10-13-26(28)21-14-18(6-7-19(17)21)20-9-12-24-25-20/h1-7,9-10,12-14,28H,8,11,15H2,(H,23,27). The topological polar surface area (TPSA) is 86.5 Å². The lowest BCUT2D eigenvalue weighted by Crippen LogP contribution is -2.29. The van der Waals surface area contributed by atoms with Gasteiger partial charge in [0.25, 0.3) is 0 Å². The SMILES string of the molecule is O=C(NCCC1=c2ccc(=C3C=CN=N3)cc2N(O)C=C1)OCc1ccccc1. The summed E-state index contributed by atoms with van der Waals surface area (Å²) in [5, 5.41) is 23.7. The summed E-state index contributed by atoms with van der Waals surface area (Å²) in [6.45, 7) is 0.660. The van der Waals surface area contributed by atoms with Gasteiger partial charge in [-0.05, 0) is 35.8 Å². The number of hydrogen-bond acceptors (Lipinski definition) is 6. The van der Waals surface area contributed by atoms with Crippen molar-refractivity contribution in [3.8, 4) is 0 Å². The van der Waals surface area contributed by atoms with Crippen molar-refractivity contribution in [3.63, 3.8) is 0 Å². The van der Waals surface area contributed by atoms with E-state index in [2.05, 4.69) is 15.5 Å². The second-order valence-corrected chi connectivity index (χ2v) is 6.57. The summed E-state index contributed by atoms with van der Waals surface area (Å²) in [5.74, 6) is 0. The Bertz CT molecular complexity index is 1110. The van der Waals surface area contributed by atoms with Gasteiger partial charge in [0.2, 0.25) is 0 Å². The molecule has 0 unspecified atom stereocenters. The number of nitrogens with zero attached hydrogens (tertiary/aromatic N) is 3. The number of hydroxylamine groups is 1. The van der Waals surface area contributed by atoms with E-state index in [9.17, 15) is 10.0 Å². The van der Waals surface area contributed by atoms with Gasteiger partial charge in [0.1, 0.15) is 6.61 Å². The van der Waals surface area contributed by atoms with E-state index in [1.54, 1.807) is 12.4 Å². The fourth-order valence-corrected chi connectivity index (χ4v) is 3.16. The van der Waals surface area contributed by atoms with Crippen LogP contribution in [-0.2, 0) is 11.3 Å². The number of anilines is 1. The smallest absolute Gasteiger partial charge is 0.407 e.